The summed E-state index contributed by atoms with van der Waals surface area (Å²) >= 11 is 0. The molecule has 0 fully saturated rings. The number of hydrogen-bond acceptors (Lipinski definition) is 4. The molecule has 0 spiro atoms. The lowest BCUT2D eigenvalue weighted by atomic mass is 10.00. The van der Waals surface area contributed by atoms with Crippen LogP contribution in [0.15, 0.2) is 0 Å². The van der Waals surface area contributed by atoms with Crippen molar-refractivity contribution >= 4 is 11.7 Å². The molecule has 0 saturated carbocycles. The zero-order valence-electron chi connectivity index (χ0n) is 19.6. The Morgan fingerprint density at radius 3 is 1.97 bits per heavy atom. The van der Waals surface area contributed by atoms with Crippen molar-refractivity contribution in [3.8, 4) is 0 Å². The van der Waals surface area contributed by atoms with Gasteiger partial charge in [0.25, 0.3) is 0 Å². The van der Waals surface area contributed by atoms with E-state index < -0.39 is 0 Å². The normalized spacial score (nSPS) is 12.1. The fourth-order valence-corrected chi connectivity index (χ4v) is 3.52. The second kappa shape index (κ2) is 21.8. The zero-order valence-corrected chi connectivity index (χ0v) is 19.6. The number of ketones is 1. The third-order valence-electron chi connectivity index (χ3n) is 5.44. The molecular formula is C24H49N3O2. The molecule has 1 atom stereocenters. The first-order valence-electron chi connectivity index (χ1n) is 12.3. The highest BCUT2D eigenvalue weighted by molar-refractivity contribution is 5.83. The van der Waals surface area contributed by atoms with Crippen LogP contribution in [-0.2, 0) is 9.59 Å². The van der Waals surface area contributed by atoms with Crippen LogP contribution in [0.2, 0.25) is 0 Å². The minimum atomic E-state index is -0.0263. The highest BCUT2D eigenvalue weighted by Gasteiger charge is 2.15. The molecule has 29 heavy (non-hydrogen) atoms. The summed E-state index contributed by atoms with van der Waals surface area (Å²) in [6.45, 7) is 7.28. The number of Topliss-reactive ketones (excluding diaryl/α,β-unsaturated/α-hetero) is 1. The van der Waals surface area contributed by atoms with Crippen molar-refractivity contribution in [1.29, 1.82) is 0 Å². The van der Waals surface area contributed by atoms with Crippen LogP contribution in [0.5, 0.6) is 0 Å². The summed E-state index contributed by atoms with van der Waals surface area (Å²) in [5, 5.41) is 9.60. The molecule has 0 heterocycles. The summed E-state index contributed by atoms with van der Waals surface area (Å²) in [6.07, 6.45) is 16.2. The molecule has 0 aromatic rings. The molecular weight excluding hydrogens is 362 g/mol. The van der Waals surface area contributed by atoms with Gasteiger partial charge in [-0.05, 0) is 65.1 Å². The molecule has 0 aromatic heterocycles. The van der Waals surface area contributed by atoms with Gasteiger partial charge in [-0.15, -0.1) is 0 Å². The van der Waals surface area contributed by atoms with Gasteiger partial charge in [-0.2, -0.15) is 0 Å². The summed E-state index contributed by atoms with van der Waals surface area (Å²) in [5.41, 5.74) is 0. The van der Waals surface area contributed by atoms with Gasteiger partial charge in [-0.3, -0.25) is 9.59 Å². The number of nitrogens with one attached hydrogen (secondary N) is 3. The summed E-state index contributed by atoms with van der Waals surface area (Å²) in [7, 11) is 1.88. The lowest BCUT2D eigenvalue weighted by molar-refractivity contribution is -0.122. The van der Waals surface area contributed by atoms with E-state index in [9.17, 15) is 9.59 Å². The SMILES string of the molecule is CCCCNCCCCCCCCCC(=O)C(CCCCNC(=O)CCC)NC. The second-order valence-electron chi connectivity index (χ2n) is 8.23. The van der Waals surface area contributed by atoms with E-state index in [1.165, 1.54) is 51.4 Å². The molecule has 0 aromatic carbocycles. The topological polar surface area (TPSA) is 70.2 Å². The average molecular weight is 412 g/mol. The lowest BCUT2D eigenvalue weighted by Gasteiger charge is -2.15. The molecule has 0 aliphatic carbocycles. The van der Waals surface area contributed by atoms with E-state index in [-0.39, 0.29) is 11.9 Å². The van der Waals surface area contributed by atoms with Crippen LogP contribution in [0.4, 0.5) is 0 Å². The molecule has 1 unspecified atom stereocenters. The van der Waals surface area contributed by atoms with Gasteiger partial charge < -0.3 is 16.0 Å². The van der Waals surface area contributed by atoms with E-state index in [0.29, 0.717) is 18.6 Å². The number of carbonyl (C=O) groups is 2. The number of unbranched alkanes of at least 4 members (excludes halogenated alkanes) is 8. The average Bonchev–Trinajstić information content (AvgIpc) is 2.71. The molecule has 5 heteroatoms. The van der Waals surface area contributed by atoms with Gasteiger partial charge in [0, 0.05) is 19.4 Å². The van der Waals surface area contributed by atoms with E-state index in [1.807, 2.05) is 14.0 Å². The smallest absolute Gasteiger partial charge is 0.219 e. The highest BCUT2D eigenvalue weighted by Crippen LogP contribution is 2.11. The quantitative estimate of drug-likeness (QED) is 0.225. The Morgan fingerprint density at radius 2 is 1.31 bits per heavy atom. The Hall–Kier alpha value is -0.940. The van der Waals surface area contributed by atoms with Crippen LogP contribution >= 0.6 is 0 Å². The molecule has 0 bridgehead atoms. The van der Waals surface area contributed by atoms with E-state index in [2.05, 4.69) is 22.9 Å². The molecule has 0 radical (unpaired) electrons. The third-order valence-corrected chi connectivity index (χ3v) is 5.44. The van der Waals surface area contributed by atoms with Crippen molar-refractivity contribution < 1.29 is 9.59 Å². The number of amides is 1. The van der Waals surface area contributed by atoms with Crippen molar-refractivity contribution in [2.75, 3.05) is 26.7 Å². The summed E-state index contributed by atoms with van der Waals surface area (Å²) in [5.74, 6) is 0.484. The van der Waals surface area contributed by atoms with E-state index in [0.717, 1.165) is 51.7 Å². The van der Waals surface area contributed by atoms with Crippen LogP contribution in [0.1, 0.15) is 110 Å². The number of carbonyl (C=O) groups excluding carboxylic acids is 2. The Balaban J connectivity index is 3.53. The second-order valence-corrected chi connectivity index (χ2v) is 8.23. The van der Waals surface area contributed by atoms with Gasteiger partial charge in [0.15, 0.2) is 0 Å². The minimum absolute atomic E-state index is 0.0263. The molecule has 1 amide bonds. The monoisotopic (exact) mass is 411 g/mol. The van der Waals surface area contributed by atoms with Crippen molar-refractivity contribution in [2.24, 2.45) is 0 Å². The molecule has 172 valence electrons. The lowest BCUT2D eigenvalue weighted by Crippen LogP contribution is -2.34. The highest BCUT2D eigenvalue weighted by atomic mass is 16.1. The maximum atomic E-state index is 12.4. The minimum Gasteiger partial charge on any atom is -0.356 e. The molecule has 3 N–H and O–H groups in total. The fourth-order valence-electron chi connectivity index (χ4n) is 3.52. The number of hydrogen-bond donors (Lipinski definition) is 3. The van der Waals surface area contributed by atoms with Crippen LogP contribution in [0, 0.1) is 0 Å². The Bertz CT molecular complexity index is 388. The standard InChI is InChI=1S/C24H49N3O2/c1-4-6-19-26-20-14-11-9-7-8-10-12-18-23(28)22(25-3)17-13-15-21-27-24(29)16-5-2/h22,25-26H,4-21H2,1-3H3,(H,27,29). The van der Waals surface area contributed by atoms with Crippen LogP contribution in [0.3, 0.4) is 0 Å². The van der Waals surface area contributed by atoms with Gasteiger partial charge in [0.1, 0.15) is 5.78 Å². The maximum Gasteiger partial charge on any atom is 0.219 e. The molecule has 0 rings (SSSR count). The molecule has 0 aliphatic heterocycles. The summed E-state index contributed by atoms with van der Waals surface area (Å²) in [6, 6.07) is -0.0263. The van der Waals surface area contributed by atoms with E-state index in [1.54, 1.807) is 0 Å². The van der Waals surface area contributed by atoms with Crippen molar-refractivity contribution in [3.05, 3.63) is 0 Å². The fraction of sp³-hybridized carbons (Fsp3) is 0.917. The Kier molecular flexibility index (Phi) is 21.1. The van der Waals surface area contributed by atoms with Crippen LogP contribution in [-0.4, -0.2) is 44.4 Å². The van der Waals surface area contributed by atoms with Gasteiger partial charge >= 0.3 is 0 Å². The van der Waals surface area contributed by atoms with Crippen molar-refractivity contribution in [3.63, 3.8) is 0 Å². The van der Waals surface area contributed by atoms with Gasteiger partial charge in [-0.25, -0.2) is 0 Å². The zero-order chi connectivity index (χ0) is 21.6. The van der Waals surface area contributed by atoms with Gasteiger partial charge in [0.2, 0.25) is 5.91 Å². The number of likely N-dealkylation sites (N-methyl/N-ethyl adjacent to an activating group) is 1. The third kappa shape index (κ3) is 18.8. The van der Waals surface area contributed by atoms with Crippen molar-refractivity contribution in [2.45, 2.75) is 116 Å². The first kappa shape index (κ1) is 28.1. The summed E-state index contributed by atoms with van der Waals surface area (Å²) in [4.78, 5) is 23.8. The first-order chi connectivity index (χ1) is 14.2. The summed E-state index contributed by atoms with van der Waals surface area (Å²) < 4.78 is 0. The molecule has 0 aliphatic rings. The molecule has 0 saturated heterocycles. The predicted molar refractivity (Wildman–Crippen MR) is 124 cm³/mol. The Morgan fingerprint density at radius 1 is 0.690 bits per heavy atom. The first-order valence-corrected chi connectivity index (χ1v) is 12.3. The van der Waals surface area contributed by atoms with Crippen LogP contribution in [0.25, 0.3) is 0 Å². The van der Waals surface area contributed by atoms with Gasteiger partial charge in [0.05, 0.1) is 6.04 Å². The van der Waals surface area contributed by atoms with Crippen molar-refractivity contribution in [1.82, 2.24) is 16.0 Å². The maximum absolute atomic E-state index is 12.4. The van der Waals surface area contributed by atoms with E-state index in [4.69, 9.17) is 0 Å². The largest absolute Gasteiger partial charge is 0.356 e. The van der Waals surface area contributed by atoms with Gasteiger partial charge in [-0.1, -0.05) is 52.4 Å². The van der Waals surface area contributed by atoms with E-state index >= 15 is 0 Å². The Labute approximate surface area is 180 Å². The predicted octanol–water partition coefficient (Wildman–Crippen LogP) is 4.74. The van der Waals surface area contributed by atoms with Crippen LogP contribution < -0.4 is 16.0 Å². The number of rotatable bonds is 22. The molecule has 5 nitrogen and oxygen atoms in total.